The van der Waals surface area contributed by atoms with E-state index in [0.29, 0.717) is 12.5 Å². The van der Waals surface area contributed by atoms with Gasteiger partial charge in [-0.2, -0.15) is 0 Å². The molecular formula is C27H33N5O3. The molecule has 1 saturated heterocycles. The van der Waals surface area contributed by atoms with Gasteiger partial charge in [0.25, 0.3) is 0 Å². The summed E-state index contributed by atoms with van der Waals surface area (Å²) in [5, 5.41) is 11.4. The van der Waals surface area contributed by atoms with Crippen LogP contribution in [0, 0.1) is 0 Å². The molecule has 1 aliphatic heterocycles. The molecule has 2 aliphatic rings. The number of aromatic nitrogens is 3. The molecule has 184 valence electrons. The standard InChI is InChI=1S/C27H33N5O3/c1-18(2)19-9-11-20(12-10-19)26(27(34)28-16-22-6-5-15-35-22)32(21-13-14-21)25(33)17-31-24-8-4-3-7-23(24)29-30-31/h3-4,7-12,18,21-22,26H,5-6,13-17H2,1-2H3,(H,28,34)/t22-,26+/m1/s1. The van der Waals surface area contributed by atoms with Crippen molar-refractivity contribution in [3.05, 3.63) is 59.7 Å². The van der Waals surface area contributed by atoms with Crippen LogP contribution < -0.4 is 5.32 Å². The highest BCUT2D eigenvalue weighted by Gasteiger charge is 2.41. The number of rotatable bonds is 9. The molecular weight excluding hydrogens is 442 g/mol. The summed E-state index contributed by atoms with van der Waals surface area (Å²) in [5.74, 6) is 0.0902. The number of hydrogen-bond acceptors (Lipinski definition) is 5. The number of amides is 2. The highest BCUT2D eigenvalue weighted by Crippen LogP contribution is 2.36. The van der Waals surface area contributed by atoms with E-state index in [1.54, 1.807) is 9.58 Å². The van der Waals surface area contributed by atoms with Gasteiger partial charge in [-0.15, -0.1) is 5.10 Å². The van der Waals surface area contributed by atoms with Crippen molar-refractivity contribution in [3.63, 3.8) is 0 Å². The first-order chi connectivity index (χ1) is 17.0. The minimum Gasteiger partial charge on any atom is -0.376 e. The predicted molar refractivity (Wildman–Crippen MR) is 133 cm³/mol. The largest absolute Gasteiger partial charge is 0.376 e. The maximum Gasteiger partial charge on any atom is 0.247 e. The lowest BCUT2D eigenvalue weighted by molar-refractivity contribution is -0.142. The van der Waals surface area contributed by atoms with Gasteiger partial charge >= 0.3 is 0 Å². The van der Waals surface area contributed by atoms with Crippen molar-refractivity contribution in [2.75, 3.05) is 13.2 Å². The molecule has 0 spiro atoms. The van der Waals surface area contributed by atoms with Crippen molar-refractivity contribution in [1.82, 2.24) is 25.2 Å². The van der Waals surface area contributed by atoms with Crippen molar-refractivity contribution >= 4 is 22.8 Å². The molecule has 2 fully saturated rings. The predicted octanol–water partition coefficient (Wildman–Crippen LogP) is 3.58. The summed E-state index contributed by atoms with van der Waals surface area (Å²) in [6.07, 6.45) is 3.78. The molecule has 1 saturated carbocycles. The fraction of sp³-hybridized carbons (Fsp3) is 0.481. The van der Waals surface area contributed by atoms with E-state index in [1.807, 2.05) is 36.4 Å². The summed E-state index contributed by atoms with van der Waals surface area (Å²) < 4.78 is 7.32. The van der Waals surface area contributed by atoms with E-state index in [4.69, 9.17) is 4.74 Å². The van der Waals surface area contributed by atoms with Crippen molar-refractivity contribution in [2.24, 2.45) is 0 Å². The zero-order chi connectivity index (χ0) is 24.4. The summed E-state index contributed by atoms with van der Waals surface area (Å²) in [6, 6.07) is 15.0. The molecule has 3 aromatic rings. The molecule has 8 nitrogen and oxygen atoms in total. The van der Waals surface area contributed by atoms with E-state index in [-0.39, 0.29) is 30.5 Å². The smallest absolute Gasteiger partial charge is 0.247 e. The maximum atomic E-state index is 13.7. The second-order valence-corrected chi connectivity index (χ2v) is 9.87. The number of para-hydroxylation sites is 1. The van der Waals surface area contributed by atoms with Crippen LogP contribution in [0.1, 0.15) is 62.6 Å². The van der Waals surface area contributed by atoms with Gasteiger partial charge in [0.05, 0.1) is 11.6 Å². The molecule has 2 amide bonds. The average Bonchev–Trinajstić information content (AvgIpc) is 3.40. The monoisotopic (exact) mass is 475 g/mol. The van der Waals surface area contributed by atoms with Crippen molar-refractivity contribution < 1.29 is 14.3 Å². The topological polar surface area (TPSA) is 89.4 Å². The van der Waals surface area contributed by atoms with E-state index in [1.165, 1.54) is 5.56 Å². The molecule has 2 aromatic carbocycles. The van der Waals surface area contributed by atoms with Crippen LogP contribution in [0.15, 0.2) is 48.5 Å². The molecule has 2 heterocycles. The number of benzene rings is 2. The fourth-order valence-corrected chi connectivity index (χ4v) is 4.77. The molecule has 0 bridgehead atoms. The van der Waals surface area contributed by atoms with E-state index in [0.717, 1.165) is 48.9 Å². The van der Waals surface area contributed by atoms with Gasteiger partial charge < -0.3 is 15.0 Å². The average molecular weight is 476 g/mol. The molecule has 35 heavy (non-hydrogen) atoms. The summed E-state index contributed by atoms with van der Waals surface area (Å²) in [7, 11) is 0. The lowest BCUT2D eigenvalue weighted by atomic mass is 9.97. The Kier molecular flexibility index (Phi) is 6.81. The van der Waals surface area contributed by atoms with Gasteiger partial charge in [-0.3, -0.25) is 9.59 Å². The maximum absolute atomic E-state index is 13.7. The summed E-state index contributed by atoms with van der Waals surface area (Å²) in [6.45, 7) is 5.52. The Morgan fingerprint density at radius 1 is 1.09 bits per heavy atom. The Balaban J connectivity index is 1.43. The van der Waals surface area contributed by atoms with Gasteiger partial charge in [-0.25, -0.2) is 4.68 Å². The third kappa shape index (κ3) is 5.22. The van der Waals surface area contributed by atoms with Crippen LogP contribution in [0.5, 0.6) is 0 Å². The van der Waals surface area contributed by atoms with Gasteiger partial charge in [0.15, 0.2) is 0 Å². The molecule has 5 rings (SSSR count). The second kappa shape index (κ2) is 10.2. The molecule has 0 unspecified atom stereocenters. The van der Waals surface area contributed by atoms with Gasteiger partial charge in [0, 0.05) is 19.2 Å². The first-order valence-corrected chi connectivity index (χ1v) is 12.6. The zero-order valence-corrected chi connectivity index (χ0v) is 20.4. The minimum atomic E-state index is -0.701. The molecule has 8 heteroatoms. The third-order valence-corrected chi connectivity index (χ3v) is 6.91. The second-order valence-electron chi connectivity index (χ2n) is 9.87. The SMILES string of the molecule is CC(C)c1ccc([C@@H](C(=O)NC[C@H]2CCCO2)N(C(=O)Cn2nnc3ccccc32)C2CC2)cc1. The van der Waals surface area contributed by atoms with E-state index in [2.05, 4.69) is 41.6 Å². The van der Waals surface area contributed by atoms with Crippen LogP contribution in [0.4, 0.5) is 0 Å². The van der Waals surface area contributed by atoms with Crippen molar-refractivity contribution in [3.8, 4) is 0 Å². The molecule has 1 aromatic heterocycles. The number of nitrogens with one attached hydrogen (secondary N) is 1. The molecule has 2 atom stereocenters. The zero-order valence-electron chi connectivity index (χ0n) is 20.4. The molecule has 0 radical (unpaired) electrons. The number of fused-ring (bicyclic) bond motifs is 1. The number of carbonyl (C=O) groups is 2. The van der Waals surface area contributed by atoms with Gasteiger partial charge in [-0.05, 0) is 54.9 Å². The molecule has 1 aliphatic carbocycles. The van der Waals surface area contributed by atoms with Crippen LogP contribution in [0.2, 0.25) is 0 Å². The first-order valence-electron chi connectivity index (χ1n) is 12.6. The summed E-state index contributed by atoms with van der Waals surface area (Å²) >= 11 is 0. The normalized spacial score (nSPS) is 18.7. The highest BCUT2D eigenvalue weighted by atomic mass is 16.5. The van der Waals surface area contributed by atoms with E-state index < -0.39 is 6.04 Å². The Morgan fingerprint density at radius 2 is 1.83 bits per heavy atom. The van der Waals surface area contributed by atoms with Crippen LogP contribution in [0.25, 0.3) is 11.0 Å². The quantitative estimate of drug-likeness (QED) is 0.511. The highest BCUT2D eigenvalue weighted by molar-refractivity contribution is 5.89. The summed E-state index contributed by atoms with van der Waals surface area (Å²) in [4.78, 5) is 29.1. The van der Waals surface area contributed by atoms with E-state index in [9.17, 15) is 9.59 Å². The van der Waals surface area contributed by atoms with Gasteiger partial charge in [-0.1, -0.05) is 55.5 Å². The van der Waals surface area contributed by atoms with Crippen LogP contribution >= 0.6 is 0 Å². The van der Waals surface area contributed by atoms with Crippen molar-refractivity contribution in [1.29, 1.82) is 0 Å². The Labute approximate surface area is 205 Å². The Hall–Kier alpha value is -3.26. The fourth-order valence-electron chi connectivity index (χ4n) is 4.77. The van der Waals surface area contributed by atoms with Crippen LogP contribution in [-0.4, -0.2) is 57.0 Å². The number of carbonyl (C=O) groups excluding carboxylic acids is 2. The van der Waals surface area contributed by atoms with Crippen LogP contribution in [0.3, 0.4) is 0 Å². The lowest BCUT2D eigenvalue weighted by Crippen LogP contribution is -2.47. The molecule has 1 N–H and O–H groups in total. The minimum absolute atomic E-state index is 0.0366. The Morgan fingerprint density at radius 3 is 2.51 bits per heavy atom. The van der Waals surface area contributed by atoms with Gasteiger partial charge in [0.1, 0.15) is 18.1 Å². The van der Waals surface area contributed by atoms with Crippen molar-refractivity contribution in [2.45, 2.75) is 70.2 Å². The van der Waals surface area contributed by atoms with E-state index >= 15 is 0 Å². The van der Waals surface area contributed by atoms with Crippen LogP contribution in [-0.2, 0) is 20.9 Å². The Bertz CT molecular complexity index is 1180. The number of ether oxygens (including phenoxy) is 1. The van der Waals surface area contributed by atoms with Gasteiger partial charge in [0.2, 0.25) is 11.8 Å². The number of hydrogen-bond donors (Lipinski definition) is 1. The summed E-state index contributed by atoms with van der Waals surface area (Å²) in [5.41, 5.74) is 3.57. The first kappa shape index (κ1) is 23.5. The third-order valence-electron chi connectivity index (χ3n) is 6.91. The lowest BCUT2D eigenvalue weighted by Gasteiger charge is -2.32. The number of nitrogens with zero attached hydrogens (tertiary/aromatic N) is 4.